The summed E-state index contributed by atoms with van der Waals surface area (Å²) < 4.78 is 12.3. The first-order valence-electron chi connectivity index (χ1n) is 14.3. The molecule has 10 heteroatoms. The van der Waals surface area contributed by atoms with Crippen LogP contribution in [-0.2, 0) is 23.9 Å². The highest BCUT2D eigenvalue weighted by Gasteiger charge is 2.80. The number of nitrogens with zero attached hydrogens (tertiary/aromatic N) is 4. The second-order valence-electron chi connectivity index (χ2n) is 11.7. The van der Waals surface area contributed by atoms with E-state index in [-0.39, 0.29) is 30.2 Å². The molecule has 218 valence electrons. The van der Waals surface area contributed by atoms with Crippen molar-refractivity contribution >= 4 is 17.7 Å². The van der Waals surface area contributed by atoms with Crippen LogP contribution in [0.1, 0.15) is 33.1 Å². The van der Waals surface area contributed by atoms with Crippen LogP contribution in [-0.4, -0.2) is 132 Å². The van der Waals surface area contributed by atoms with Gasteiger partial charge in [0.1, 0.15) is 11.6 Å². The molecule has 4 fully saturated rings. The van der Waals surface area contributed by atoms with Crippen molar-refractivity contribution in [3.05, 3.63) is 25.3 Å². The lowest BCUT2D eigenvalue weighted by Gasteiger charge is -2.38. The highest BCUT2D eigenvalue weighted by molar-refractivity contribution is 5.99. The molecule has 0 aromatic rings. The Balaban J connectivity index is 1.69. The first-order chi connectivity index (χ1) is 18.7. The molecule has 10 nitrogen and oxygen atoms in total. The van der Waals surface area contributed by atoms with Gasteiger partial charge in [-0.2, -0.15) is 0 Å². The number of unbranched alkanes of at least 4 members (excludes halogenated alkanes) is 1. The largest absolute Gasteiger partial charge is 0.396 e. The minimum atomic E-state index is -1.07. The first-order valence-corrected chi connectivity index (χ1v) is 14.3. The number of rotatable bonds is 13. The van der Waals surface area contributed by atoms with Gasteiger partial charge in [-0.3, -0.25) is 19.3 Å². The second kappa shape index (κ2) is 12.1. The Bertz CT molecular complexity index is 954. The number of amides is 3. The van der Waals surface area contributed by atoms with Gasteiger partial charge in [0.05, 0.1) is 30.7 Å². The van der Waals surface area contributed by atoms with Gasteiger partial charge in [0.2, 0.25) is 17.7 Å². The van der Waals surface area contributed by atoms with Gasteiger partial charge < -0.3 is 29.3 Å². The standard InChI is InChI=1S/C29H46N4O6/c1-6-10-30(5)25(35)22-23-26(36)33(12-8-9-17-34)24(29(23)20-21(3)28(22,4)39-29)27(37)32(11-7-2)14-13-31-15-18-38-19-16-31/h6-7,21-24,34H,1-2,8-20H2,3-5H3/t21?,22-,23-,24?,28+,29?/m0/s1. The monoisotopic (exact) mass is 546 g/mol. The fourth-order valence-corrected chi connectivity index (χ4v) is 7.26. The molecule has 2 bridgehead atoms. The van der Waals surface area contributed by atoms with Gasteiger partial charge in [-0.1, -0.05) is 19.1 Å². The molecule has 0 radical (unpaired) electrons. The highest BCUT2D eigenvalue weighted by atomic mass is 16.5. The predicted octanol–water partition coefficient (Wildman–Crippen LogP) is 0.761. The summed E-state index contributed by atoms with van der Waals surface area (Å²) in [6.45, 7) is 16.9. The van der Waals surface area contributed by atoms with Crippen molar-refractivity contribution in [2.75, 3.05) is 72.7 Å². The molecule has 4 aliphatic heterocycles. The fraction of sp³-hybridized carbons (Fsp3) is 0.759. The minimum Gasteiger partial charge on any atom is -0.396 e. The molecule has 4 rings (SSSR count). The van der Waals surface area contributed by atoms with Gasteiger partial charge in [0, 0.05) is 59.5 Å². The Morgan fingerprint density at radius 2 is 1.82 bits per heavy atom. The van der Waals surface area contributed by atoms with Crippen LogP contribution in [0.5, 0.6) is 0 Å². The Labute approximate surface area is 232 Å². The maximum absolute atomic E-state index is 14.4. The molecule has 0 aromatic carbocycles. The van der Waals surface area contributed by atoms with Crippen LogP contribution in [0.2, 0.25) is 0 Å². The fourth-order valence-electron chi connectivity index (χ4n) is 7.26. The third-order valence-corrected chi connectivity index (χ3v) is 9.35. The highest BCUT2D eigenvalue weighted by Crippen LogP contribution is 2.65. The van der Waals surface area contributed by atoms with Gasteiger partial charge in [-0.25, -0.2) is 0 Å². The minimum absolute atomic E-state index is 0.0103. The number of hydrogen-bond acceptors (Lipinski definition) is 7. The zero-order valence-electron chi connectivity index (χ0n) is 23.8. The predicted molar refractivity (Wildman–Crippen MR) is 147 cm³/mol. The zero-order chi connectivity index (χ0) is 28.4. The maximum Gasteiger partial charge on any atom is 0.248 e. The van der Waals surface area contributed by atoms with Crippen LogP contribution < -0.4 is 0 Å². The molecule has 1 N–H and O–H groups in total. The molecule has 1 spiro atoms. The second-order valence-corrected chi connectivity index (χ2v) is 11.7. The molecular formula is C29H46N4O6. The van der Waals surface area contributed by atoms with E-state index in [1.54, 1.807) is 33.9 Å². The summed E-state index contributed by atoms with van der Waals surface area (Å²) in [5, 5.41) is 9.41. The van der Waals surface area contributed by atoms with E-state index in [4.69, 9.17) is 9.47 Å². The van der Waals surface area contributed by atoms with Gasteiger partial charge in [-0.05, 0) is 32.1 Å². The average Bonchev–Trinajstić information content (AvgIpc) is 3.43. The van der Waals surface area contributed by atoms with Crippen molar-refractivity contribution in [1.82, 2.24) is 19.6 Å². The number of ether oxygens (including phenoxy) is 2. The molecule has 4 heterocycles. The third kappa shape index (κ3) is 5.16. The molecular weight excluding hydrogens is 500 g/mol. The SMILES string of the molecule is C=CCN(C)C(=O)[C@@H]1[C@H]2C(=O)N(CCCCO)C(C(=O)N(CC=C)CCN3CCOCC3)C23CC(C)[C@@]1(C)O3. The Morgan fingerprint density at radius 3 is 2.46 bits per heavy atom. The van der Waals surface area contributed by atoms with E-state index in [1.165, 1.54) is 0 Å². The van der Waals surface area contributed by atoms with Crippen molar-refractivity contribution in [3.8, 4) is 0 Å². The number of fused-ring (bicyclic) bond motifs is 1. The maximum atomic E-state index is 14.4. The average molecular weight is 547 g/mol. The smallest absolute Gasteiger partial charge is 0.248 e. The summed E-state index contributed by atoms with van der Waals surface area (Å²) in [4.78, 5) is 49.7. The van der Waals surface area contributed by atoms with Gasteiger partial charge >= 0.3 is 0 Å². The van der Waals surface area contributed by atoms with E-state index in [9.17, 15) is 19.5 Å². The van der Waals surface area contributed by atoms with Crippen molar-refractivity contribution < 1.29 is 29.0 Å². The number of carbonyl (C=O) groups is 3. The number of carbonyl (C=O) groups excluding carboxylic acids is 3. The van der Waals surface area contributed by atoms with Crippen LogP contribution in [0.25, 0.3) is 0 Å². The summed E-state index contributed by atoms with van der Waals surface area (Å²) in [5.41, 5.74) is -1.92. The number of likely N-dealkylation sites (tertiary alicyclic amines) is 1. The Hall–Kier alpha value is -2.27. The van der Waals surface area contributed by atoms with Crippen molar-refractivity contribution in [2.24, 2.45) is 17.8 Å². The van der Waals surface area contributed by atoms with Gasteiger partial charge in [0.25, 0.3) is 0 Å². The molecule has 0 aliphatic carbocycles. The zero-order valence-corrected chi connectivity index (χ0v) is 23.8. The molecule has 4 aliphatic rings. The van der Waals surface area contributed by atoms with E-state index in [0.717, 1.165) is 13.1 Å². The Kier molecular flexibility index (Phi) is 9.20. The normalized spacial score (nSPS) is 33.7. The van der Waals surface area contributed by atoms with Crippen molar-refractivity contribution in [2.45, 2.75) is 50.4 Å². The molecule has 4 saturated heterocycles. The number of hydrogen-bond donors (Lipinski definition) is 1. The lowest BCUT2D eigenvalue weighted by atomic mass is 9.62. The van der Waals surface area contributed by atoms with E-state index in [2.05, 4.69) is 25.0 Å². The molecule has 0 saturated carbocycles. The number of morpholine rings is 1. The van der Waals surface area contributed by atoms with Crippen LogP contribution in [0, 0.1) is 17.8 Å². The quantitative estimate of drug-likeness (QED) is 0.269. The molecule has 3 amide bonds. The summed E-state index contributed by atoms with van der Waals surface area (Å²) in [6, 6.07) is -0.829. The number of likely N-dealkylation sites (N-methyl/N-ethyl adjacent to an activating group) is 1. The van der Waals surface area contributed by atoms with Crippen molar-refractivity contribution in [1.29, 1.82) is 0 Å². The van der Waals surface area contributed by atoms with Crippen LogP contribution >= 0.6 is 0 Å². The molecule has 0 aromatic heterocycles. The molecule has 39 heavy (non-hydrogen) atoms. The number of aliphatic hydroxyl groups excluding tert-OH is 1. The topological polar surface area (TPSA) is 103 Å². The summed E-state index contributed by atoms with van der Waals surface area (Å²) in [6.07, 6.45) is 5.00. The Morgan fingerprint density at radius 1 is 1.13 bits per heavy atom. The van der Waals surface area contributed by atoms with E-state index in [1.807, 2.05) is 6.92 Å². The molecule has 3 unspecified atom stereocenters. The third-order valence-electron chi connectivity index (χ3n) is 9.35. The first kappa shape index (κ1) is 29.7. The van der Waals surface area contributed by atoms with Crippen LogP contribution in [0.3, 0.4) is 0 Å². The van der Waals surface area contributed by atoms with Crippen molar-refractivity contribution in [3.63, 3.8) is 0 Å². The number of aliphatic hydroxyl groups is 1. The summed E-state index contributed by atoms with van der Waals surface area (Å²) >= 11 is 0. The summed E-state index contributed by atoms with van der Waals surface area (Å²) in [5.74, 6) is -1.93. The van der Waals surface area contributed by atoms with E-state index >= 15 is 0 Å². The van der Waals surface area contributed by atoms with Gasteiger partial charge in [-0.15, -0.1) is 13.2 Å². The van der Waals surface area contributed by atoms with Crippen LogP contribution in [0.15, 0.2) is 25.3 Å². The van der Waals surface area contributed by atoms with E-state index < -0.39 is 29.1 Å². The molecule has 6 atom stereocenters. The van der Waals surface area contributed by atoms with E-state index in [0.29, 0.717) is 65.2 Å². The van der Waals surface area contributed by atoms with Crippen LogP contribution in [0.4, 0.5) is 0 Å². The lowest BCUT2D eigenvalue weighted by molar-refractivity contribution is -0.154. The lowest BCUT2D eigenvalue weighted by Crippen LogP contribution is -2.57. The van der Waals surface area contributed by atoms with Gasteiger partial charge in [0.15, 0.2) is 0 Å². The summed E-state index contributed by atoms with van der Waals surface area (Å²) in [7, 11) is 1.72.